The number of carbonyl (C=O) groups excluding carboxylic acids is 3. The van der Waals surface area contributed by atoms with Crippen LogP contribution in [0.15, 0.2) is 0 Å². The highest BCUT2D eigenvalue weighted by molar-refractivity contribution is 5.84. The Bertz CT molecular complexity index is 1290. The van der Waals surface area contributed by atoms with Gasteiger partial charge in [0.05, 0.1) is 106 Å². The van der Waals surface area contributed by atoms with Gasteiger partial charge in [0.1, 0.15) is 12.1 Å². The maximum atomic E-state index is 12.3. The van der Waals surface area contributed by atoms with Crippen molar-refractivity contribution in [2.75, 3.05) is 119 Å². The molecular formula is C48H91N5O17. The lowest BCUT2D eigenvalue weighted by atomic mass is 10.0. The van der Waals surface area contributed by atoms with Gasteiger partial charge in [0.2, 0.25) is 17.7 Å². The third-order valence-corrected chi connectivity index (χ3v) is 10.7. The molecular weight excluding hydrogens is 919 g/mol. The van der Waals surface area contributed by atoms with E-state index in [-0.39, 0.29) is 69.6 Å². The first-order chi connectivity index (χ1) is 34.1. The minimum atomic E-state index is -1.16. The van der Waals surface area contributed by atoms with E-state index in [4.69, 9.17) is 54.0 Å². The molecule has 2 atom stereocenters. The van der Waals surface area contributed by atoms with Crippen LogP contribution in [-0.4, -0.2) is 182 Å². The summed E-state index contributed by atoms with van der Waals surface area (Å²) in [4.78, 5) is 69.5. The van der Waals surface area contributed by atoms with E-state index < -0.39 is 30.0 Å². The maximum Gasteiger partial charge on any atom is 0.326 e. The number of nitrogens with two attached hydrogens (primary N) is 1. The van der Waals surface area contributed by atoms with Crippen molar-refractivity contribution in [3.63, 3.8) is 0 Å². The van der Waals surface area contributed by atoms with Crippen molar-refractivity contribution in [3.05, 3.63) is 0 Å². The van der Waals surface area contributed by atoms with Crippen LogP contribution >= 0.6 is 0 Å². The van der Waals surface area contributed by atoms with Crippen molar-refractivity contribution in [1.82, 2.24) is 21.4 Å². The Balaban J connectivity index is 3.46. The second-order valence-corrected chi connectivity index (χ2v) is 16.7. The molecule has 0 saturated heterocycles. The molecule has 0 fully saturated rings. The van der Waals surface area contributed by atoms with E-state index in [0.717, 1.165) is 38.5 Å². The van der Waals surface area contributed by atoms with E-state index in [2.05, 4.69) is 21.4 Å². The fourth-order valence-corrected chi connectivity index (χ4v) is 6.71. The van der Waals surface area contributed by atoms with Crippen LogP contribution in [0.4, 0.5) is 0 Å². The quantitative estimate of drug-likeness (QED) is 0.0246. The average Bonchev–Trinajstić information content (AvgIpc) is 3.33. The molecule has 0 heterocycles. The van der Waals surface area contributed by atoms with E-state index >= 15 is 0 Å². The standard InChI is InChI=1S/C48H91N5O17/c49-53-42(48(61)62)17-15-16-23-50-44(55)22-25-63-27-29-65-31-33-67-35-37-69-39-40-70-38-36-68-34-32-66-30-28-64-26-24-51-43(54)21-20-41(47(59)60)52-45(56)18-13-11-9-7-5-3-1-2-4-6-8-10-12-14-19-46(57)58/h41-42,53H,1-40,49H2,(H,50,55)(H,51,54)(H,52,56)(H,57,58)(H,59,60)(H,61,62)/t41-,42-/m0/s1. The predicted octanol–water partition coefficient (Wildman–Crippen LogP) is 3.50. The molecule has 0 aromatic carbocycles. The molecule has 0 radical (unpaired) electrons. The lowest BCUT2D eigenvalue weighted by Crippen LogP contribution is -2.41. The van der Waals surface area contributed by atoms with E-state index in [9.17, 15) is 33.9 Å². The highest BCUT2D eigenvalue weighted by atomic mass is 16.6. The van der Waals surface area contributed by atoms with Gasteiger partial charge >= 0.3 is 17.9 Å². The highest BCUT2D eigenvalue weighted by Crippen LogP contribution is 2.14. The van der Waals surface area contributed by atoms with Crippen LogP contribution in [0.3, 0.4) is 0 Å². The third-order valence-electron chi connectivity index (χ3n) is 10.7. The average molecular weight is 1010 g/mol. The Kier molecular flexibility index (Phi) is 49.1. The Labute approximate surface area is 416 Å². The minimum absolute atomic E-state index is 0.000499. The summed E-state index contributed by atoms with van der Waals surface area (Å²) in [6.07, 6.45) is 17.5. The number of carboxylic acids is 3. The van der Waals surface area contributed by atoms with E-state index in [1.54, 1.807) is 0 Å². The summed E-state index contributed by atoms with van der Waals surface area (Å²) in [5.74, 6) is 1.55. The van der Waals surface area contributed by atoms with Crippen LogP contribution in [-0.2, 0) is 66.7 Å². The Morgan fingerprint density at radius 3 is 1.10 bits per heavy atom. The summed E-state index contributed by atoms with van der Waals surface area (Å²) in [5, 5.41) is 35.1. The van der Waals surface area contributed by atoms with Crippen molar-refractivity contribution in [2.45, 2.75) is 153 Å². The molecule has 3 amide bonds. The lowest BCUT2D eigenvalue weighted by Gasteiger charge is -2.14. The Morgan fingerprint density at radius 1 is 0.343 bits per heavy atom. The zero-order valence-electron chi connectivity index (χ0n) is 42.1. The first kappa shape index (κ1) is 66.4. The molecule has 9 N–H and O–H groups in total. The molecule has 0 aromatic rings. The van der Waals surface area contributed by atoms with Crippen LogP contribution in [0.1, 0.15) is 141 Å². The van der Waals surface area contributed by atoms with E-state index in [0.29, 0.717) is 125 Å². The predicted molar refractivity (Wildman–Crippen MR) is 260 cm³/mol. The van der Waals surface area contributed by atoms with Gasteiger partial charge in [-0.25, -0.2) is 10.2 Å². The molecule has 0 unspecified atom stereocenters. The first-order valence-electron chi connectivity index (χ1n) is 25.6. The molecule has 22 nitrogen and oxygen atoms in total. The molecule has 0 aliphatic rings. The molecule has 0 aliphatic carbocycles. The van der Waals surface area contributed by atoms with Crippen molar-refractivity contribution in [2.24, 2.45) is 5.84 Å². The summed E-state index contributed by atoms with van der Waals surface area (Å²) in [6.45, 7) is 6.93. The van der Waals surface area contributed by atoms with Crippen molar-refractivity contribution >= 4 is 35.6 Å². The number of unbranched alkanes of at least 4 members (excludes halogenated alkanes) is 14. The first-order valence-corrected chi connectivity index (χ1v) is 25.6. The summed E-state index contributed by atoms with van der Waals surface area (Å²) in [7, 11) is 0. The number of hydrogen-bond acceptors (Lipinski definition) is 16. The van der Waals surface area contributed by atoms with E-state index in [1.807, 2.05) is 0 Å². The van der Waals surface area contributed by atoms with Crippen LogP contribution in [0, 0.1) is 0 Å². The van der Waals surface area contributed by atoms with Gasteiger partial charge in [-0.15, -0.1) is 0 Å². The van der Waals surface area contributed by atoms with Gasteiger partial charge in [-0.05, 0) is 38.5 Å². The van der Waals surface area contributed by atoms with Crippen LogP contribution in [0.5, 0.6) is 0 Å². The largest absolute Gasteiger partial charge is 0.481 e. The lowest BCUT2D eigenvalue weighted by molar-refractivity contribution is -0.142. The zero-order chi connectivity index (χ0) is 51.4. The van der Waals surface area contributed by atoms with Crippen LogP contribution in [0.25, 0.3) is 0 Å². The number of hydrogen-bond donors (Lipinski definition) is 8. The molecule has 410 valence electrons. The number of nitrogens with one attached hydrogen (secondary N) is 4. The number of amides is 3. The third kappa shape index (κ3) is 49.4. The Morgan fingerprint density at radius 2 is 0.700 bits per heavy atom. The van der Waals surface area contributed by atoms with Gasteiger partial charge in [-0.2, -0.15) is 0 Å². The highest BCUT2D eigenvalue weighted by Gasteiger charge is 2.21. The molecule has 22 heteroatoms. The number of ether oxygens (including phenoxy) is 8. The second kappa shape index (κ2) is 51.8. The molecule has 0 spiro atoms. The monoisotopic (exact) mass is 1010 g/mol. The fourth-order valence-electron chi connectivity index (χ4n) is 6.71. The normalized spacial score (nSPS) is 12.1. The van der Waals surface area contributed by atoms with Crippen LogP contribution < -0.4 is 27.2 Å². The zero-order valence-corrected chi connectivity index (χ0v) is 42.1. The van der Waals surface area contributed by atoms with Gasteiger partial charge in [0, 0.05) is 38.8 Å². The van der Waals surface area contributed by atoms with Crippen molar-refractivity contribution < 1.29 is 82.0 Å². The fraction of sp³-hybridized carbons (Fsp3) is 0.875. The summed E-state index contributed by atoms with van der Waals surface area (Å²) >= 11 is 0. The second-order valence-electron chi connectivity index (χ2n) is 16.7. The number of aliphatic carboxylic acids is 3. The van der Waals surface area contributed by atoms with Crippen molar-refractivity contribution in [1.29, 1.82) is 0 Å². The molecule has 70 heavy (non-hydrogen) atoms. The van der Waals surface area contributed by atoms with E-state index in [1.165, 1.54) is 44.9 Å². The smallest absolute Gasteiger partial charge is 0.326 e. The molecule has 0 aromatic heterocycles. The number of carbonyl (C=O) groups is 6. The van der Waals surface area contributed by atoms with Gasteiger partial charge < -0.3 is 69.2 Å². The van der Waals surface area contributed by atoms with Crippen molar-refractivity contribution in [3.8, 4) is 0 Å². The summed E-state index contributed by atoms with van der Waals surface area (Å²) < 4.78 is 43.7. The summed E-state index contributed by atoms with van der Waals surface area (Å²) in [5.41, 5.74) is 2.24. The topological polar surface area (TPSA) is 311 Å². The Hall–Kier alpha value is -3.58. The molecule has 0 aliphatic heterocycles. The minimum Gasteiger partial charge on any atom is -0.481 e. The number of rotatable bonds is 56. The number of hydrazine groups is 1. The number of carboxylic acid groups (broad SMARTS) is 3. The molecule has 0 saturated carbocycles. The molecule has 0 rings (SSSR count). The van der Waals surface area contributed by atoms with Gasteiger partial charge in [-0.3, -0.25) is 29.8 Å². The summed E-state index contributed by atoms with van der Waals surface area (Å²) in [6, 6.07) is -1.91. The SMILES string of the molecule is NN[C@@H](CCCCNC(=O)CCOCCOCCOCCOCCOCCOCCOCCOCCNC(=O)CC[C@H](NC(=O)CCCCCCCCCCCCCCCCC(=O)O)C(=O)O)C(=O)O. The van der Waals surface area contributed by atoms with Gasteiger partial charge in [0.15, 0.2) is 0 Å². The van der Waals surface area contributed by atoms with Gasteiger partial charge in [0.25, 0.3) is 0 Å². The van der Waals surface area contributed by atoms with Gasteiger partial charge in [-0.1, -0.05) is 77.0 Å². The van der Waals surface area contributed by atoms with Crippen LogP contribution in [0.2, 0.25) is 0 Å². The molecule has 0 bridgehead atoms. The maximum absolute atomic E-state index is 12.3.